The van der Waals surface area contributed by atoms with E-state index in [2.05, 4.69) is 18.1 Å². The van der Waals surface area contributed by atoms with Gasteiger partial charge in [0, 0.05) is 0 Å². The summed E-state index contributed by atoms with van der Waals surface area (Å²) < 4.78 is 5.04. The van der Waals surface area contributed by atoms with Gasteiger partial charge in [-0.1, -0.05) is 33.1 Å². The summed E-state index contributed by atoms with van der Waals surface area (Å²) in [5.74, 6) is 0. The van der Waals surface area contributed by atoms with Gasteiger partial charge in [0.2, 0.25) is 0 Å². The van der Waals surface area contributed by atoms with E-state index in [0.717, 1.165) is 11.0 Å². The van der Waals surface area contributed by atoms with Crippen molar-refractivity contribution < 1.29 is 4.42 Å². The van der Waals surface area contributed by atoms with Crippen LogP contribution in [-0.2, 0) is 0 Å². The minimum absolute atomic E-state index is 0.664. The molecule has 0 amide bonds. The fourth-order valence-corrected chi connectivity index (χ4v) is 0.683. The highest BCUT2D eigenvalue weighted by Gasteiger charge is 1.89. The largest absolute Gasteiger partial charge is 0.443 e. The zero-order valence-electron chi connectivity index (χ0n) is 7.92. The average Bonchev–Trinajstić information content (AvgIpc) is 2.54. The van der Waals surface area contributed by atoms with E-state index in [1.165, 1.54) is 6.39 Å². The summed E-state index contributed by atoms with van der Waals surface area (Å²) in [6.45, 7) is 13.2. The maximum atomic E-state index is 5.04. The zero-order valence-corrected chi connectivity index (χ0v) is 7.92. The molecule has 66 valence electrons. The molecule has 1 aromatic heterocycles. The molecule has 1 rings (SSSR count). The van der Waals surface area contributed by atoms with Crippen LogP contribution >= 0.6 is 0 Å². The van der Waals surface area contributed by atoms with Gasteiger partial charge in [-0.2, -0.15) is 0 Å². The molecule has 0 spiro atoms. The number of oxazole rings is 1. The van der Waals surface area contributed by atoms with Crippen LogP contribution in [0.2, 0.25) is 0 Å². The van der Waals surface area contributed by atoms with Gasteiger partial charge < -0.3 is 4.42 Å². The number of rotatable bonds is 1. The molecule has 1 aromatic rings. The summed E-state index contributed by atoms with van der Waals surface area (Å²) in [6.07, 6.45) is 3.10. The Morgan fingerprint density at radius 1 is 1.58 bits per heavy atom. The van der Waals surface area contributed by atoms with E-state index >= 15 is 0 Å². The van der Waals surface area contributed by atoms with E-state index in [9.17, 15) is 0 Å². The summed E-state index contributed by atoms with van der Waals surface area (Å²) in [5, 5.41) is 0.664. The number of hydrogen-bond donors (Lipinski definition) is 0. The Hall–Kier alpha value is -1.31. The second kappa shape index (κ2) is 5.35. The molecule has 0 aromatic carbocycles. The van der Waals surface area contributed by atoms with Gasteiger partial charge in [-0.25, -0.2) is 4.98 Å². The van der Waals surface area contributed by atoms with Gasteiger partial charge in [-0.05, 0) is 12.5 Å². The van der Waals surface area contributed by atoms with Crippen molar-refractivity contribution >= 4 is 12.2 Å². The van der Waals surface area contributed by atoms with Crippen LogP contribution in [-0.4, -0.2) is 4.98 Å². The maximum absolute atomic E-state index is 5.04. The molecule has 0 fully saturated rings. The molecule has 1 heterocycles. The van der Waals surface area contributed by atoms with Crippen LogP contribution in [0, 0.1) is 0 Å². The second-order valence-corrected chi connectivity index (χ2v) is 2.02. The number of aromatic nitrogens is 1. The lowest BCUT2D eigenvalue weighted by Crippen LogP contribution is -2.21. The molecule has 2 heteroatoms. The molecule has 0 saturated carbocycles. The van der Waals surface area contributed by atoms with Gasteiger partial charge in [0.1, 0.15) is 5.35 Å². The molecule has 12 heavy (non-hydrogen) atoms. The Labute approximate surface area is 72.9 Å². The van der Waals surface area contributed by atoms with Crippen molar-refractivity contribution in [3.63, 3.8) is 0 Å². The third-order valence-electron chi connectivity index (χ3n) is 1.31. The predicted octanol–water partition coefficient (Wildman–Crippen LogP) is 1.47. The number of allylic oxidation sites excluding steroid dienone is 1. The minimum Gasteiger partial charge on any atom is -0.443 e. The topological polar surface area (TPSA) is 26.0 Å². The lowest BCUT2D eigenvalue weighted by Gasteiger charge is -1.81. The molecule has 0 saturated heterocycles. The quantitative estimate of drug-likeness (QED) is 0.629. The van der Waals surface area contributed by atoms with Crippen molar-refractivity contribution in [1.82, 2.24) is 4.98 Å². The smallest absolute Gasteiger partial charge is 0.181 e. The predicted molar refractivity (Wildman–Crippen MR) is 51.9 cm³/mol. The maximum Gasteiger partial charge on any atom is 0.181 e. The Morgan fingerprint density at radius 2 is 2.17 bits per heavy atom. The second-order valence-electron chi connectivity index (χ2n) is 2.02. The van der Waals surface area contributed by atoms with Crippen molar-refractivity contribution in [1.29, 1.82) is 0 Å². The monoisotopic (exact) mass is 165 g/mol. The van der Waals surface area contributed by atoms with E-state index in [1.54, 1.807) is 6.08 Å². The minimum atomic E-state index is 0.664. The van der Waals surface area contributed by atoms with E-state index in [-0.39, 0.29) is 0 Å². The molecule has 2 nitrogen and oxygen atoms in total. The molecule has 0 aliphatic heterocycles. The standard InChI is InChI=1S/C8H9NO.C2H6/c1-4-6(2)8-7(3)9-5-10-8;1-2/h4-5H,1,3H2,2H3;1-2H3/b8-6+;. The van der Waals surface area contributed by atoms with E-state index in [0.29, 0.717) is 5.35 Å². The SMILES string of the molecule is C=C/C(C)=c1/ocnc1=C.CC. The summed E-state index contributed by atoms with van der Waals surface area (Å²) in [7, 11) is 0. The summed E-state index contributed by atoms with van der Waals surface area (Å²) in [5.41, 5.74) is 1.68. The first kappa shape index (κ1) is 10.7. The lowest BCUT2D eigenvalue weighted by molar-refractivity contribution is 0.522. The van der Waals surface area contributed by atoms with Gasteiger partial charge in [-0.3, -0.25) is 0 Å². The van der Waals surface area contributed by atoms with Crippen molar-refractivity contribution in [3.8, 4) is 0 Å². The molecule has 0 aliphatic rings. The van der Waals surface area contributed by atoms with Gasteiger partial charge in [0.25, 0.3) is 0 Å². The molecular formula is C10H15NO. The van der Waals surface area contributed by atoms with Gasteiger partial charge in [0.15, 0.2) is 11.8 Å². The Balaban J connectivity index is 0.000000561. The Morgan fingerprint density at radius 3 is 2.50 bits per heavy atom. The van der Waals surface area contributed by atoms with Crippen LogP contribution in [0.1, 0.15) is 20.8 Å². The number of hydrogen-bond acceptors (Lipinski definition) is 2. The third kappa shape index (κ3) is 2.38. The van der Waals surface area contributed by atoms with Crippen molar-refractivity contribution in [2.24, 2.45) is 0 Å². The highest BCUT2D eigenvalue weighted by Crippen LogP contribution is 1.86. The normalized spacial score (nSPS) is 11.2. The third-order valence-corrected chi connectivity index (χ3v) is 1.31. The summed E-state index contributed by atoms with van der Waals surface area (Å²) in [4.78, 5) is 3.84. The first-order valence-corrected chi connectivity index (χ1v) is 3.97. The number of nitrogens with zero attached hydrogens (tertiary/aromatic N) is 1. The Bertz CT molecular complexity index is 335. The van der Waals surface area contributed by atoms with Crippen molar-refractivity contribution in [2.75, 3.05) is 0 Å². The van der Waals surface area contributed by atoms with Crippen LogP contribution < -0.4 is 10.8 Å². The average molecular weight is 165 g/mol. The highest BCUT2D eigenvalue weighted by molar-refractivity contribution is 5.50. The first-order valence-electron chi connectivity index (χ1n) is 3.97. The lowest BCUT2D eigenvalue weighted by atomic mass is 10.3. The van der Waals surface area contributed by atoms with Crippen molar-refractivity contribution in [3.05, 3.63) is 29.8 Å². The van der Waals surface area contributed by atoms with Crippen LogP contribution in [0.15, 0.2) is 23.5 Å². The molecule has 0 atom stereocenters. The molecule has 0 bridgehead atoms. The van der Waals surface area contributed by atoms with E-state index in [4.69, 9.17) is 4.42 Å². The molecule has 0 radical (unpaired) electrons. The van der Waals surface area contributed by atoms with Crippen molar-refractivity contribution in [2.45, 2.75) is 20.8 Å². The van der Waals surface area contributed by atoms with Crippen LogP contribution in [0.25, 0.3) is 12.2 Å². The highest BCUT2D eigenvalue weighted by atomic mass is 16.3. The van der Waals surface area contributed by atoms with Gasteiger partial charge >= 0.3 is 0 Å². The fraction of sp³-hybridized carbons (Fsp3) is 0.300. The van der Waals surface area contributed by atoms with Crippen LogP contribution in [0.3, 0.4) is 0 Å². The summed E-state index contributed by atoms with van der Waals surface area (Å²) in [6, 6.07) is 0. The van der Waals surface area contributed by atoms with Crippen LogP contribution in [0.5, 0.6) is 0 Å². The Kier molecular flexibility index (Phi) is 4.77. The molecular weight excluding hydrogens is 150 g/mol. The first-order chi connectivity index (χ1) is 5.75. The van der Waals surface area contributed by atoms with Crippen LogP contribution in [0.4, 0.5) is 0 Å². The molecule has 0 N–H and O–H groups in total. The summed E-state index contributed by atoms with van der Waals surface area (Å²) >= 11 is 0. The molecule has 0 unspecified atom stereocenters. The van der Waals surface area contributed by atoms with E-state index in [1.807, 2.05) is 20.8 Å². The van der Waals surface area contributed by atoms with E-state index < -0.39 is 0 Å². The molecule has 0 aliphatic carbocycles. The zero-order chi connectivity index (χ0) is 9.56. The fourth-order valence-electron chi connectivity index (χ4n) is 0.683. The van der Waals surface area contributed by atoms with Gasteiger partial charge in [-0.15, -0.1) is 0 Å². The van der Waals surface area contributed by atoms with Gasteiger partial charge in [0.05, 0.1) is 0 Å².